The lowest BCUT2D eigenvalue weighted by Crippen LogP contribution is -2.25. The molecule has 6 heteroatoms. The van der Waals surface area contributed by atoms with Gasteiger partial charge in [-0.25, -0.2) is 13.1 Å². The average Bonchev–Trinajstić information content (AvgIpc) is 3.00. The van der Waals surface area contributed by atoms with E-state index in [0.717, 1.165) is 18.7 Å². The second-order valence-corrected chi connectivity index (χ2v) is 9.09. The molecule has 0 radical (unpaired) electrons. The summed E-state index contributed by atoms with van der Waals surface area (Å²) in [5, 5.41) is 1.77. The van der Waals surface area contributed by atoms with Gasteiger partial charge in [-0.3, -0.25) is 0 Å². The van der Waals surface area contributed by atoms with E-state index >= 15 is 0 Å². The molecule has 130 valence electrons. The minimum absolute atomic E-state index is 0.374. The van der Waals surface area contributed by atoms with E-state index in [9.17, 15) is 8.42 Å². The molecule has 0 amide bonds. The molecule has 0 unspecified atom stereocenters. The zero-order chi connectivity index (χ0) is 16.8. The number of nitrogens with one attached hydrogen (secondary N) is 1. The number of hydrogen-bond donors (Lipinski definition) is 1. The maximum Gasteiger partial charge on any atom is 0.250 e. The van der Waals surface area contributed by atoms with Crippen LogP contribution in [0.2, 0.25) is 0 Å². The molecule has 24 heavy (non-hydrogen) atoms. The molecule has 1 N–H and O–H groups in total. The van der Waals surface area contributed by atoms with E-state index in [-0.39, 0.29) is 0 Å². The standard InChI is InChI=1S/C18H24N2O2S2/c21-24(22,18-6-5-15-23-18)19-12-11-16-7-9-17(10-8-16)20-13-3-1-2-4-14-20/h5-10,15,19H,1-4,11-14H2. The molecule has 4 nitrogen and oxygen atoms in total. The highest BCUT2D eigenvalue weighted by Gasteiger charge is 2.14. The van der Waals surface area contributed by atoms with Gasteiger partial charge in [-0.2, -0.15) is 0 Å². The van der Waals surface area contributed by atoms with Crippen LogP contribution in [0, 0.1) is 0 Å². The zero-order valence-corrected chi connectivity index (χ0v) is 15.4. The molecule has 1 aliphatic rings. The molecular formula is C18H24N2O2S2. The van der Waals surface area contributed by atoms with Crippen LogP contribution in [0.25, 0.3) is 0 Å². The minimum atomic E-state index is -3.36. The maximum absolute atomic E-state index is 12.1. The first-order valence-corrected chi connectivity index (χ1v) is 10.9. The number of thiophene rings is 1. The summed E-state index contributed by atoms with van der Waals surface area (Å²) in [4.78, 5) is 2.45. The van der Waals surface area contributed by atoms with Gasteiger partial charge in [-0.05, 0) is 48.4 Å². The van der Waals surface area contributed by atoms with Crippen LogP contribution in [-0.4, -0.2) is 28.1 Å². The van der Waals surface area contributed by atoms with E-state index in [2.05, 4.69) is 33.9 Å². The monoisotopic (exact) mass is 364 g/mol. The number of rotatable bonds is 6. The maximum atomic E-state index is 12.1. The summed E-state index contributed by atoms with van der Waals surface area (Å²) in [7, 11) is -3.36. The molecule has 0 saturated carbocycles. The molecule has 3 rings (SSSR count). The van der Waals surface area contributed by atoms with Crippen molar-refractivity contribution in [3.63, 3.8) is 0 Å². The van der Waals surface area contributed by atoms with Crippen LogP contribution in [0.1, 0.15) is 31.2 Å². The van der Waals surface area contributed by atoms with Crippen molar-refractivity contribution in [2.24, 2.45) is 0 Å². The van der Waals surface area contributed by atoms with Gasteiger partial charge >= 0.3 is 0 Å². The van der Waals surface area contributed by atoms with Crippen LogP contribution in [-0.2, 0) is 16.4 Å². The molecule has 1 aliphatic heterocycles. The van der Waals surface area contributed by atoms with Crippen molar-refractivity contribution < 1.29 is 8.42 Å². The van der Waals surface area contributed by atoms with Gasteiger partial charge in [0.15, 0.2) is 0 Å². The first-order chi connectivity index (χ1) is 11.6. The number of sulfonamides is 1. The molecule has 2 heterocycles. The van der Waals surface area contributed by atoms with Crippen molar-refractivity contribution in [2.75, 3.05) is 24.5 Å². The fraction of sp³-hybridized carbons (Fsp3) is 0.444. The van der Waals surface area contributed by atoms with Crippen LogP contribution in [0.15, 0.2) is 46.0 Å². The second-order valence-electron chi connectivity index (χ2n) is 6.15. The molecule has 2 aromatic rings. The van der Waals surface area contributed by atoms with E-state index in [1.54, 1.807) is 17.5 Å². The lowest BCUT2D eigenvalue weighted by molar-refractivity contribution is 0.584. The average molecular weight is 365 g/mol. The van der Waals surface area contributed by atoms with E-state index < -0.39 is 10.0 Å². The van der Waals surface area contributed by atoms with Crippen molar-refractivity contribution in [1.82, 2.24) is 4.72 Å². The highest BCUT2D eigenvalue weighted by molar-refractivity contribution is 7.91. The summed E-state index contributed by atoms with van der Waals surface area (Å²) >= 11 is 1.24. The van der Waals surface area contributed by atoms with Gasteiger partial charge in [0.25, 0.3) is 0 Å². The first kappa shape index (κ1) is 17.5. The molecule has 0 spiro atoms. The number of nitrogens with zero attached hydrogens (tertiary/aromatic N) is 1. The summed E-state index contributed by atoms with van der Waals surface area (Å²) in [5.41, 5.74) is 2.43. The largest absolute Gasteiger partial charge is 0.372 e. The normalized spacial score (nSPS) is 16.1. The van der Waals surface area contributed by atoms with E-state index in [1.807, 2.05) is 0 Å². The lowest BCUT2D eigenvalue weighted by atomic mass is 10.1. The van der Waals surface area contributed by atoms with Crippen LogP contribution in [0.4, 0.5) is 5.69 Å². The summed E-state index contributed by atoms with van der Waals surface area (Å²) in [6.07, 6.45) is 5.90. The fourth-order valence-corrected chi connectivity index (χ4v) is 5.09. The van der Waals surface area contributed by atoms with Crippen LogP contribution in [0.3, 0.4) is 0 Å². The van der Waals surface area contributed by atoms with Crippen molar-refractivity contribution in [3.05, 3.63) is 47.3 Å². The predicted molar refractivity (Wildman–Crippen MR) is 100 cm³/mol. The van der Waals surface area contributed by atoms with Gasteiger partial charge in [0.1, 0.15) is 4.21 Å². The van der Waals surface area contributed by atoms with E-state index in [0.29, 0.717) is 17.2 Å². The highest BCUT2D eigenvalue weighted by Crippen LogP contribution is 2.20. The Morgan fingerprint density at radius 1 is 1.00 bits per heavy atom. The molecule has 1 fully saturated rings. The zero-order valence-electron chi connectivity index (χ0n) is 13.8. The predicted octanol–water partition coefficient (Wildman–Crippen LogP) is 3.65. The third kappa shape index (κ3) is 4.59. The lowest BCUT2D eigenvalue weighted by Gasteiger charge is -2.22. The minimum Gasteiger partial charge on any atom is -0.372 e. The van der Waals surface area contributed by atoms with Gasteiger partial charge < -0.3 is 4.90 Å². The van der Waals surface area contributed by atoms with Crippen LogP contribution in [0.5, 0.6) is 0 Å². The van der Waals surface area contributed by atoms with Gasteiger partial charge in [0.05, 0.1) is 0 Å². The van der Waals surface area contributed by atoms with Crippen LogP contribution >= 0.6 is 11.3 Å². The molecule has 1 aromatic heterocycles. The number of anilines is 1. The molecular weight excluding hydrogens is 340 g/mol. The Morgan fingerprint density at radius 3 is 2.33 bits per heavy atom. The van der Waals surface area contributed by atoms with Crippen molar-refractivity contribution >= 4 is 27.0 Å². The van der Waals surface area contributed by atoms with E-state index in [1.165, 1.54) is 42.7 Å². The Balaban J connectivity index is 1.53. The van der Waals surface area contributed by atoms with Crippen LogP contribution < -0.4 is 9.62 Å². The second kappa shape index (κ2) is 8.14. The molecule has 0 aliphatic carbocycles. The first-order valence-electron chi connectivity index (χ1n) is 8.52. The Labute approximate surface area is 148 Å². The Morgan fingerprint density at radius 2 is 1.71 bits per heavy atom. The fourth-order valence-electron chi connectivity index (χ4n) is 3.02. The van der Waals surface area contributed by atoms with Crippen molar-refractivity contribution in [3.8, 4) is 0 Å². The van der Waals surface area contributed by atoms with Gasteiger partial charge in [0.2, 0.25) is 10.0 Å². The summed E-state index contributed by atoms with van der Waals surface area (Å²) in [5.74, 6) is 0. The van der Waals surface area contributed by atoms with Gasteiger partial charge in [-0.15, -0.1) is 11.3 Å². The summed E-state index contributed by atoms with van der Waals surface area (Å²) < 4.78 is 27.2. The molecule has 1 aromatic carbocycles. The smallest absolute Gasteiger partial charge is 0.250 e. The molecule has 0 atom stereocenters. The molecule has 0 bridgehead atoms. The van der Waals surface area contributed by atoms with E-state index in [4.69, 9.17) is 0 Å². The summed E-state index contributed by atoms with van der Waals surface area (Å²) in [6.45, 7) is 2.70. The van der Waals surface area contributed by atoms with Crippen molar-refractivity contribution in [1.29, 1.82) is 0 Å². The third-order valence-corrected chi connectivity index (χ3v) is 7.23. The quantitative estimate of drug-likeness (QED) is 0.851. The topological polar surface area (TPSA) is 49.4 Å². The SMILES string of the molecule is O=S(=O)(NCCc1ccc(N2CCCCCC2)cc1)c1cccs1. The highest BCUT2D eigenvalue weighted by atomic mass is 32.2. The van der Waals surface area contributed by atoms with Gasteiger partial charge in [0, 0.05) is 25.3 Å². The Kier molecular flexibility index (Phi) is 5.92. The van der Waals surface area contributed by atoms with Gasteiger partial charge in [-0.1, -0.05) is 31.0 Å². The van der Waals surface area contributed by atoms with Crippen molar-refractivity contribution in [2.45, 2.75) is 36.3 Å². The summed E-state index contributed by atoms with van der Waals surface area (Å²) in [6, 6.07) is 11.9. The number of hydrogen-bond acceptors (Lipinski definition) is 4. The molecule has 1 saturated heterocycles. The Bertz CT molecular complexity index is 717. The number of benzene rings is 1. The Hall–Kier alpha value is -1.37. The third-order valence-electron chi connectivity index (χ3n) is 4.37.